The third kappa shape index (κ3) is 2.82. The summed E-state index contributed by atoms with van der Waals surface area (Å²) >= 11 is 0. The number of aliphatic hydroxyl groups excluding tert-OH is 1. The van der Waals surface area contributed by atoms with Crippen LogP contribution in [0.5, 0.6) is 0 Å². The van der Waals surface area contributed by atoms with Gasteiger partial charge in [-0.15, -0.1) is 0 Å². The number of hydrogen-bond donors (Lipinski definition) is 1. The number of rotatable bonds is 2. The zero-order valence-corrected chi connectivity index (χ0v) is 18.0. The first-order valence-corrected chi connectivity index (χ1v) is 11.5. The SMILES string of the molecule is CCn1cc(/C=C2\C[C@H]3[C@@H]4CC=C5C[C@@H](O)CC[C@]5(C)[C@H]4CC[C@]3(C)C2=O)cn1. The van der Waals surface area contributed by atoms with Gasteiger partial charge in [0.25, 0.3) is 0 Å². The molecule has 1 aromatic heterocycles. The molecule has 4 aliphatic rings. The van der Waals surface area contributed by atoms with Crippen LogP contribution in [0.4, 0.5) is 0 Å². The third-order valence-corrected chi connectivity index (χ3v) is 9.04. The van der Waals surface area contributed by atoms with E-state index in [9.17, 15) is 9.90 Å². The lowest BCUT2D eigenvalue weighted by Gasteiger charge is -2.56. The molecular weight excluding hydrogens is 360 g/mol. The van der Waals surface area contributed by atoms with Crippen LogP contribution in [0.15, 0.2) is 29.6 Å². The van der Waals surface area contributed by atoms with Crippen LogP contribution in [-0.2, 0) is 11.3 Å². The molecule has 3 fully saturated rings. The molecule has 4 aliphatic carbocycles. The van der Waals surface area contributed by atoms with Crippen molar-refractivity contribution in [3.63, 3.8) is 0 Å². The van der Waals surface area contributed by atoms with E-state index in [2.05, 4.69) is 38.0 Å². The number of fused-ring (bicyclic) bond motifs is 5. The van der Waals surface area contributed by atoms with E-state index < -0.39 is 0 Å². The van der Waals surface area contributed by atoms with Crippen LogP contribution < -0.4 is 0 Å². The first-order valence-electron chi connectivity index (χ1n) is 11.5. The van der Waals surface area contributed by atoms with Crippen molar-refractivity contribution in [2.75, 3.05) is 0 Å². The summed E-state index contributed by atoms with van der Waals surface area (Å²) in [6, 6.07) is 0. The second-order valence-corrected chi connectivity index (χ2v) is 10.4. The van der Waals surface area contributed by atoms with E-state index in [0.717, 1.165) is 62.6 Å². The van der Waals surface area contributed by atoms with Crippen molar-refractivity contribution in [1.29, 1.82) is 0 Å². The molecule has 0 bridgehead atoms. The summed E-state index contributed by atoms with van der Waals surface area (Å²) in [5.41, 5.74) is 3.57. The lowest BCUT2D eigenvalue weighted by atomic mass is 9.48. The van der Waals surface area contributed by atoms with Gasteiger partial charge in [0.1, 0.15) is 0 Å². The van der Waals surface area contributed by atoms with E-state index in [4.69, 9.17) is 0 Å². The molecule has 0 amide bonds. The Morgan fingerprint density at radius 1 is 1.21 bits per heavy atom. The fraction of sp³-hybridized carbons (Fsp3) is 0.680. The molecule has 29 heavy (non-hydrogen) atoms. The van der Waals surface area contributed by atoms with Crippen molar-refractivity contribution in [3.8, 4) is 0 Å². The molecule has 4 nitrogen and oxygen atoms in total. The monoisotopic (exact) mass is 394 g/mol. The summed E-state index contributed by atoms with van der Waals surface area (Å²) in [7, 11) is 0. The first kappa shape index (κ1) is 19.3. The summed E-state index contributed by atoms with van der Waals surface area (Å²) in [6.45, 7) is 7.61. The maximum atomic E-state index is 13.5. The molecule has 0 radical (unpaired) electrons. The molecule has 0 aliphatic heterocycles. The molecular formula is C25H34N2O2. The number of carbonyl (C=O) groups is 1. The Bertz CT molecular complexity index is 896. The number of Topliss-reactive ketones (excluding diaryl/α,β-unsaturated/α-hetero) is 1. The molecule has 0 saturated heterocycles. The Balaban J connectivity index is 1.46. The van der Waals surface area contributed by atoms with E-state index in [-0.39, 0.29) is 16.9 Å². The highest BCUT2D eigenvalue weighted by atomic mass is 16.3. The fourth-order valence-electron chi connectivity index (χ4n) is 7.27. The minimum atomic E-state index is -0.205. The lowest BCUT2D eigenvalue weighted by molar-refractivity contribution is -0.130. The number of ketones is 1. The van der Waals surface area contributed by atoms with Gasteiger partial charge in [-0.1, -0.05) is 25.5 Å². The van der Waals surface area contributed by atoms with Gasteiger partial charge in [-0.25, -0.2) is 0 Å². The number of aryl methyl sites for hydroxylation is 1. The normalized spacial score (nSPS) is 43.0. The lowest BCUT2D eigenvalue weighted by Crippen LogP contribution is -2.50. The van der Waals surface area contributed by atoms with Crippen LogP contribution in [-0.4, -0.2) is 26.8 Å². The molecule has 6 atom stereocenters. The van der Waals surface area contributed by atoms with Gasteiger partial charge < -0.3 is 5.11 Å². The molecule has 156 valence electrons. The van der Waals surface area contributed by atoms with Crippen molar-refractivity contribution in [2.45, 2.75) is 78.4 Å². The maximum Gasteiger partial charge on any atom is 0.165 e. The molecule has 4 heteroatoms. The van der Waals surface area contributed by atoms with Crippen LogP contribution in [0, 0.1) is 28.6 Å². The Hall–Kier alpha value is -1.68. The minimum absolute atomic E-state index is 0.161. The van der Waals surface area contributed by atoms with Crippen molar-refractivity contribution in [3.05, 3.63) is 35.2 Å². The van der Waals surface area contributed by atoms with Gasteiger partial charge in [0, 0.05) is 23.7 Å². The highest BCUT2D eigenvalue weighted by Gasteiger charge is 2.59. The number of allylic oxidation sites excluding steroid dienone is 2. The van der Waals surface area contributed by atoms with Crippen molar-refractivity contribution >= 4 is 11.9 Å². The van der Waals surface area contributed by atoms with Gasteiger partial charge in [-0.2, -0.15) is 5.10 Å². The smallest absolute Gasteiger partial charge is 0.165 e. The maximum absolute atomic E-state index is 13.5. The van der Waals surface area contributed by atoms with E-state index >= 15 is 0 Å². The molecule has 1 N–H and O–H groups in total. The van der Waals surface area contributed by atoms with Crippen LogP contribution in [0.25, 0.3) is 6.08 Å². The van der Waals surface area contributed by atoms with Crippen LogP contribution in [0.1, 0.15) is 71.3 Å². The number of carbonyl (C=O) groups excluding carboxylic acids is 1. The first-order chi connectivity index (χ1) is 13.8. The van der Waals surface area contributed by atoms with Gasteiger partial charge in [-0.05, 0) is 86.7 Å². The number of aromatic nitrogens is 2. The van der Waals surface area contributed by atoms with E-state index in [1.807, 2.05) is 17.1 Å². The van der Waals surface area contributed by atoms with Gasteiger partial charge in [0.2, 0.25) is 0 Å². The second kappa shape index (κ2) is 6.66. The molecule has 0 unspecified atom stereocenters. The third-order valence-electron chi connectivity index (χ3n) is 9.04. The molecule has 1 heterocycles. The highest BCUT2D eigenvalue weighted by Crippen LogP contribution is 2.64. The summed E-state index contributed by atoms with van der Waals surface area (Å²) < 4.78 is 1.92. The quantitative estimate of drug-likeness (QED) is 0.580. The molecule has 5 rings (SSSR count). The second-order valence-electron chi connectivity index (χ2n) is 10.4. The van der Waals surface area contributed by atoms with Gasteiger partial charge in [0.15, 0.2) is 5.78 Å². The average Bonchev–Trinajstić information content (AvgIpc) is 3.26. The van der Waals surface area contributed by atoms with Gasteiger partial charge >= 0.3 is 0 Å². The molecule has 1 aromatic rings. The standard InChI is InChI=1S/C25H34N2O2/c1-4-27-15-16(14-26-27)11-17-12-22-20-6-5-18-13-19(28)7-9-24(18,2)21(20)8-10-25(22,3)23(17)29/h5,11,14-15,19-22,28H,4,6-10,12-13H2,1-3H3/b17-11+/t19-,20+,21-,22-,24-,25-/m0/s1. The van der Waals surface area contributed by atoms with Gasteiger partial charge in [0.05, 0.1) is 12.3 Å². The van der Waals surface area contributed by atoms with E-state index in [0.29, 0.717) is 23.5 Å². The minimum Gasteiger partial charge on any atom is -0.393 e. The Kier molecular flexibility index (Phi) is 4.43. The number of aliphatic hydroxyl groups is 1. The van der Waals surface area contributed by atoms with Crippen LogP contribution >= 0.6 is 0 Å². The van der Waals surface area contributed by atoms with Crippen LogP contribution in [0.3, 0.4) is 0 Å². The van der Waals surface area contributed by atoms with Crippen LogP contribution in [0.2, 0.25) is 0 Å². The summed E-state index contributed by atoms with van der Waals surface area (Å²) in [5, 5.41) is 14.5. The Labute approximate surface area is 174 Å². The summed E-state index contributed by atoms with van der Waals surface area (Å²) in [5.74, 6) is 2.07. The van der Waals surface area contributed by atoms with Crippen molar-refractivity contribution in [2.24, 2.45) is 28.6 Å². The largest absolute Gasteiger partial charge is 0.393 e. The highest BCUT2D eigenvalue weighted by molar-refractivity contribution is 6.05. The molecule has 3 saturated carbocycles. The fourth-order valence-corrected chi connectivity index (χ4v) is 7.27. The number of nitrogens with zero attached hydrogens (tertiary/aromatic N) is 2. The molecule has 0 aromatic carbocycles. The Morgan fingerprint density at radius 2 is 2.00 bits per heavy atom. The number of hydrogen-bond acceptors (Lipinski definition) is 3. The van der Waals surface area contributed by atoms with E-state index in [1.54, 1.807) is 0 Å². The zero-order chi connectivity index (χ0) is 20.4. The Morgan fingerprint density at radius 3 is 2.76 bits per heavy atom. The predicted octanol–water partition coefficient (Wildman–Crippen LogP) is 4.79. The van der Waals surface area contributed by atoms with Crippen molar-refractivity contribution < 1.29 is 9.90 Å². The summed E-state index contributed by atoms with van der Waals surface area (Å²) in [6.07, 6.45) is 15.3. The average molecular weight is 395 g/mol. The van der Waals surface area contributed by atoms with Crippen molar-refractivity contribution in [1.82, 2.24) is 9.78 Å². The zero-order valence-electron chi connectivity index (χ0n) is 18.0. The van der Waals surface area contributed by atoms with E-state index in [1.165, 1.54) is 5.57 Å². The van der Waals surface area contributed by atoms with Gasteiger partial charge in [-0.3, -0.25) is 9.48 Å². The summed E-state index contributed by atoms with van der Waals surface area (Å²) in [4.78, 5) is 13.5. The topological polar surface area (TPSA) is 55.1 Å². The molecule has 0 spiro atoms. The predicted molar refractivity (Wildman–Crippen MR) is 114 cm³/mol.